The molecule has 0 aromatic heterocycles. The first-order valence-electron chi connectivity index (χ1n) is 6.83. The quantitative estimate of drug-likeness (QED) is 0.733. The number of carbonyl (C=O) groups excluding carboxylic acids is 1. The normalized spacial score (nSPS) is 25.4. The molecule has 3 N–H and O–H groups in total. The molecule has 0 spiro atoms. The van der Waals surface area contributed by atoms with E-state index in [4.69, 9.17) is 9.84 Å². The molecule has 1 fully saturated rings. The standard InChI is InChI=1S/C15H21NO4/c1-20-13-4-2-3-10(5-13)6-15(19)16-12-7-11(9-17)14(18)8-12/h2-5,11-12,14,17-18H,6-9H2,1H3,(H,16,19)/t11-,12-,14-/m1/s1. The fourth-order valence-corrected chi connectivity index (χ4v) is 2.66. The van der Waals surface area contributed by atoms with Gasteiger partial charge in [0.25, 0.3) is 0 Å². The van der Waals surface area contributed by atoms with Gasteiger partial charge >= 0.3 is 0 Å². The van der Waals surface area contributed by atoms with Crippen LogP contribution < -0.4 is 10.1 Å². The van der Waals surface area contributed by atoms with E-state index < -0.39 is 6.10 Å². The third-order valence-corrected chi connectivity index (χ3v) is 3.76. The number of aliphatic hydroxyl groups is 2. The van der Waals surface area contributed by atoms with Gasteiger partial charge in [0, 0.05) is 18.6 Å². The van der Waals surface area contributed by atoms with Crippen LogP contribution in [0.2, 0.25) is 0 Å². The van der Waals surface area contributed by atoms with Gasteiger partial charge in [0.05, 0.1) is 19.6 Å². The zero-order valence-electron chi connectivity index (χ0n) is 11.6. The summed E-state index contributed by atoms with van der Waals surface area (Å²) in [4.78, 5) is 12.0. The molecule has 2 rings (SSSR count). The molecular formula is C15H21NO4. The molecule has 1 aliphatic carbocycles. The second-order valence-corrected chi connectivity index (χ2v) is 5.27. The molecular weight excluding hydrogens is 258 g/mol. The number of hydrogen-bond acceptors (Lipinski definition) is 4. The van der Waals surface area contributed by atoms with Crippen LogP contribution in [0.25, 0.3) is 0 Å². The lowest BCUT2D eigenvalue weighted by Gasteiger charge is -2.12. The topological polar surface area (TPSA) is 78.8 Å². The van der Waals surface area contributed by atoms with E-state index in [0.717, 1.165) is 11.3 Å². The third-order valence-electron chi connectivity index (χ3n) is 3.76. The number of nitrogens with one attached hydrogen (secondary N) is 1. The molecule has 1 saturated carbocycles. The molecule has 1 amide bonds. The van der Waals surface area contributed by atoms with Gasteiger partial charge in [-0.3, -0.25) is 4.79 Å². The van der Waals surface area contributed by atoms with Crippen molar-refractivity contribution in [3.8, 4) is 5.75 Å². The van der Waals surface area contributed by atoms with Gasteiger partial charge in [-0.2, -0.15) is 0 Å². The molecule has 110 valence electrons. The highest BCUT2D eigenvalue weighted by molar-refractivity contribution is 5.79. The number of methoxy groups -OCH3 is 1. The molecule has 5 nitrogen and oxygen atoms in total. The summed E-state index contributed by atoms with van der Waals surface area (Å²) in [5.74, 6) is 0.526. The lowest BCUT2D eigenvalue weighted by Crippen LogP contribution is -2.34. The highest BCUT2D eigenvalue weighted by Crippen LogP contribution is 2.25. The van der Waals surface area contributed by atoms with Crippen LogP contribution in [0.15, 0.2) is 24.3 Å². The fraction of sp³-hybridized carbons (Fsp3) is 0.533. The number of aliphatic hydroxyl groups excluding tert-OH is 2. The molecule has 0 aliphatic heterocycles. The number of benzene rings is 1. The van der Waals surface area contributed by atoms with Gasteiger partial charge < -0.3 is 20.3 Å². The lowest BCUT2D eigenvalue weighted by molar-refractivity contribution is -0.121. The molecule has 5 heteroatoms. The Morgan fingerprint density at radius 2 is 2.25 bits per heavy atom. The van der Waals surface area contributed by atoms with Crippen molar-refractivity contribution in [2.45, 2.75) is 31.4 Å². The molecule has 1 aromatic rings. The molecule has 3 atom stereocenters. The molecule has 0 radical (unpaired) electrons. The Kier molecular flexibility index (Phi) is 4.98. The van der Waals surface area contributed by atoms with Crippen molar-refractivity contribution < 1.29 is 19.7 Å². The molecule has 0 bridgehead atoms. The maximum Gasteiger partial charge on any atom is 0.224 e. The Bertz CT molecular complexity index is 463. The van der Waals surface area contributed by atoms with Crippen molar-refractivity contribution in [2.75, 3.05) is 13.7 Å². The largest absolute Gasteiger partial charge is 0.497 e. The van der Waals surface area contributed by atoms with Crippen molar-refractivity contribution in [2.24, 2.45) is 5.92 Å². The Labute approximate surface area is 118 Å². The van der Waals surface area contributed by atoms with E-state index in [1.54, 1.807) is 7.11 Å². The van der Waals surface area contributed by atoms with E-state index in [1.807, 2.05) is 24.3 Å². The summed E-state index contributed by atoms with van der Waals surface area (Å²) in [6.07, 6.45) is 0.895. The second-order valence-electron chi connectivity index (χ2n) is 5.27. The fourth-order valence-electron chi connectivity index (χ4n) is 2.66. The molecule has 0 unspecified atom stereocenters. The molecule has 0 heterocycles. The summed E-state index contributed by atoms with van der Waals surface area (Å²) >= 11 is 0. The van der Waals surface area contributed by atoms with Crippen LogP contribution in [0.5, 0.6) is 5.75 Å². The summed E-state index contributed by atoms with van der Waals surface area (Å²) in [5, 5.41) is 21.7. The van der Waals surface area contributed by atoms with Gasteiger partial charge in [-0.25, -0.2) is 0 Å². The van der Waals surface area contributed by atoms with E-state index in [1.165, 1.54) is 0 Å². The van der Waals surface area contributed by atoms with Crippen LogP contribution in [-0.4, -0.2) is 42.0 Å². The predicted molar refractivity (Wildman–Crippen MR) is 74.4 cm³/mol. The van der Waals surface area contributed by atoms with Gasteiger partial charge in [0.1, 0.15) is 5.75 Å². The SMILES string of the molecule is COc1cccc(CC(=O)N[C@@H]2C[C@H](CO)[C@H](O)C2)c1. The van der Waals surface area contributed by atoms with Crippen LogP contribution in [0.4, 0.5) is 0 Å². The van der Waals surface area contributed by atoms with Crippen LogP contribution in [-0.2, 0) is 11.2 Å². The van der Waals surface area contributed by atoms with Crippen molar-refractivity contribution >= 4 is 5.91 Å². The summed E-state index contributed by atoms with van der Waals surface area (Å²) in [7, 11) is 1.59. The first-order chi connectivity index (χ1) is 9.62. The van der Waals surface area contributed by atoms with Crippen molar-refractivity contribution in [3.63, 3.8) is 0 Å². The van der Waals surface area contributed by atoms with Crippen LogP contribution in [0, 0.1) is 5.92 Å². The first kappa shape index (κ1) is 14.8. The monoisotopic (exact) mass is 279 g/mol. The first-order valence-corrected chi connectivity index (χ1v) is 6.83. The minimum absolute atomic E-state index is 0.0383. The number of ether oxygens (including phenoxy) is 1. The van der Waals surface area contributed by atoms with Gasteiger partial charge in [-0.1, -0.05) is 12.1 Å². The number of carbonyl (C=O) groups is 1. The van der Waals surface area contributed by atoms with Crippen molar-refractivity contribution in [3.05, 3.63) is 29.8 Å². The molecule has 0 saturated heterocycles. The zero-order chi connectivity index (χ0) is 14.5. The highest BCUT2D eigenvalue weighted by Gasteiger charge is 2.33. The summed E-state index contributed by atoms with van der Waals surface area (Å²) in [6, 6.07) is 7.34. The van der Waals surface area contributed by atoms with E-state index in [2.05, 4.69) is 5.32 Å². The average Bonchev–Trinajstić information content (AvgIpc) is 2.78. The zero-order valence-corrected chi connectivity index (χ0v) is 11.6. The maximum absolute atomic E-state index is 12.0. The molecule has 1 aliphatic rings. The highest BCUT2D eigenvalue weighted by atomic mass is 16.5. The summed E-state index contributed by atoms with van der Waals surface area (Å²) in [5.41, 5.74) is 0.888. The van der Waals surface area contributed by atoms with Crippen LogP contribution in [0.3, 0.4) is 0 Å². The molecule has 20 heavy (non-hydrogen) atoms. The smallest absolute Gasteiger partial charge is 0.224 e. The Balaban J connectivity index is 1.86. The number of hydrogen-bond donors (Lipinski definition) is 3. The average molecular weight is 279 g/mol. The maximum atomic E-state index is 12.0. The second kappa shape index (κ2) is 6.72. The Morgan fingerprint density at radius 1 is 1.45 bits per heavy atom. The lowest BCUT2D eigenvalue weighted by atomic mass is 10.1. The van der Waals surface area contributed by atoms with Crippen molar-refractivity contribution in [1.82, 2.24) is 5.32 Å². The van der Waals surface area contributed by atoms with E-state index in [-0.39, 0.29) is 30.9 Å². The number of amides is 1. The third kappa shape index (κ3) is 3.71. The van der Waals surface area contributed by atoms with Crippen LogP contribution in [0.1, 0.15) is 18.4 Å². The van der Waals surface area contributed by atoms with E-state index in [0.29, 0.717) is 12.8 Å². The summed E-state index contributed by atoms with van der Waals surface area (Å²) < 4.78 is 5.12. The minimum atomic E-state index is -0.526. The summed E-state index contributed by atoms with van der Waals surface area (Å²) in [6.45, 7) is -0.0383. The van der Waals surface area contributed by atoms with Gasteiger partial charge in [-0.15, -0.1) is 0 Å². The minimum Gasteiger partial charge on any atom is -0.497 e. The Morgan fingerprint density at radius 3 is 2.90 bits per heavy atom. The van der Waals surface area contributed by atoms with Gasteiger partial charge in [-0.05, 0) is 30.5 Å². The van der Waals surface area contributed by atoms with Crippen LogP contribution >= 0.6 is 0 Å². The van der Waals surface area contributed by atoms with Gasteiger partial charge in [0.2, 0.25) is 5.91 Å². The van der Waals surface area contributed by atoms with E-state index in [9.17, 15) is 9.90 Å². The number of rotatable bonds is 5. The Hall–Kier alpha value is -1.59. The molecule has 1 aromatic carbocycles. The van der Waals surface area contributed by atoms with Gasteiger partial charge in [0.15, 0.2) is 0 Å². The predicted octanol–water partition coefficient (Wildman–Crippen LogP) is 0.486. The van der Waals surface area contributed by atoms with E-state index >= 15 is 0 Å². The van der Waals surface area contributed by atoms with Crippen molar-refractivity contribution in [1.29, 1.82) is 0 Å².